The highest BCUT2D eigenvalue weighted by Gasteiger charge is 2.38. The highest BCUT2D eigenvalue weighted by molar-refractivity contribution is 5.91. The highest BCUT2D eigenvalue weighted by atomic mass is 19.4. The monoisotopic (exact) mass is 586 g/mol. The number of hydrogen-bond acceptors (Lipinski definition) is 6. The lowest BCUT2D eigenvalue weighted by Gasteiger charge is -2.11. The second kappa shape index (κ2) is 17.1. The number of nitrogens with zero attached hydrogens (tertiary/aromatic N) is 2. The summed E-state index contributed by atoms with van der Waals surface area (Å²) in [6.45, 7) is 8.43. The number of aromatic nitrogens is 2. The first-order valence-corrected chi connectivity index (χ1v) is 11.9. The number of benzene rings is 1. The number of hydrogen-bond donors (Lipinski definition) is 5. The van der Waals surface area contributed by atoms with Crippen LogP contribution in [0.3, 0.4) is 0 Å². The van der Waals surface area contributed by atoms with Gasteiger partial charge in [-0.2, -0.15) is 26.3 Å². The minimum atomic E-state index is -5.08. The average Bonchev–Trinajstić information content (AvgIpc) is 3.19. The van der Waals surface area contributed by atoms with Crippen molar-refractivity contribution in [2.45, 2.75) is 71.4 Å². The van der Waals surface area contributed by atoms with Crippen LogP contribution >= 0.6 is 0 Å². The number of hydroxylamine groups is 1. The van der Waals surface area contributed by atoms with Crippen LogP contribution in [-0.2, 0) is 27.3 Å². The van der Waals surface area contributed by atoms with E-state index in [1.165, 1.54) is 6.08 Å². The number of carbonyl (C=O) groups excluding carboxylic acids is 1. The van der Waals surface area contributed by atoms with E-state index in [1.807, 2.05) is 12.1 Å². The van der Waals surface area contributed by atoms with Crippen molar-refractivity contribution in [1.29, 1.82) is 0 Å². The minimum Gasteiger partial charge on any atom is -0.475 e. The molecule has 0 radical (unpaired) electrons. The van der Waals surface area contributed by atoms with Crippen LogP contribution in [0.4, 0.5) is 26.3 Å². The lowest BCUT2D eigenvalue weighted by atomic mass is 10.2. The normalized spacial score (nSPS) is 11.6. The summed E-state index contributed by atoms with van der Waals surface area (Å²) in [5, 5.41) is 26.3. The molecular weight excluding hydrogens is 554 g/mol. The van der Waals surface area contributed by atoms with Gasteiger partial charge in [-0.15, -0.1) is 0 Å². The van der Waals surface area contributed by atoms with Crippen molar-refractivity contribution >= 4 is 35.0 Å². The topological polar surface area (TPSA) is 154 Å². The van der Waals surface area contributed by atoms with E-state index in [1.54, 1.807) is 11.6 Å². The van der Waals surface area contributed by atoms with E-state index in [0.717, 1.165) is 61.2 Å². The molecule has 0 aliphatic rings. The molecule has 2 aromatic rings. The highest BCUT2D eigenvalue weighted by Crippen LogP contribution is 2.21. The first kappa shape index (κ1) is 36.3. The van der Waals surface area contributed by atoms with Gasteiger partial charge in [-0.3, -0.25) is 10.0 Å². The van der Waals surface area contributed by atoms with Gasteiger partial charge in [0.1, 0.15) is 5.82 Å². The predicted octanol–water partition coefficient (Wildman–Crippen LogP) is 4.55. The predicted molar refractivity (Wildman–Crippen MR) is 132 cm³/mol. The van der Waals surface area contributed by atoms with Gasteiger partial charge in [-0.1, -0.05) is 33.3 Å². The van der Waals surface area contributed by atoms with Crippen molar-refractivity contribution in [3.8, 4) is 0 Å². The van der Waals surface area contributed by atoms with Crippen LogP contribution < -0.4 is 10.8 Å². The van der Waals surface area contributed by atoms with Gasteiger partial charge in [-0.05, 0) is 43.2 Å². The molecule has 0 aliphatic heterocycles. The Bertz CT molecular complexity index is 1110. The molecule has 1 heterocycles. The maximum Gasteiger partial charge on any atom is 0.490 e. The number of carbonyl (C=O) groups is 3. The molecule has 0 fully saturated rings. The molecule has 0 atom stereocenters. The number of carboxylic acids is 2. The second-order valence-electron chi connectivity index (χ2n) is 8.41. The Hall–Kier alpha value is -3.66. The number of aliphatic carboxylic acids is 2. The number of nitrogens with one attached hydrogen (secondary N) is 2. The largest absolute Gasteiger partial charge is 0.490 e. The van der Waals surface area contributed by atoms with Crippen molar-refractivity contribution in [2.24, 2.45) is 0 Å². The second-order valence-corrected chi connectivity index (χ2v) is 8.41. The smallest absolute Gasteiger partial charge is 0.475 e. The standard InChI is InChI=1S/C20H30N4O2.2C2HF3O2/c1-4-5-7-19-22-17-14-16(9-11-20(25)23-26)8-10-18(17)24(19)13-6-12-21-15(2)3;2*3-2(4,5)1(6)7/h8-11,14-15,21,26H,4-7,12-13H2,1-3H3,(H,23,25);2*(H,6,7)/b11-9+;;. The zero-order valence-corrected chi connectivity index (χ0v) is 21.9. The quantitative estimate of drug-likeness (QED) is 0.0894. The number of unbranched alkanes of at least 4 members (excludes halogenated alkanes) is 1. The Morgan fingerprint density at radius 2 is 1.57 bits per heavy atom. The van der Waals surface area contributed by atoms with E-state index in [4.69, 9.17) is 30.0 Å². The Morgan fingerprint density at radius 1 is 1.02 bits per heavy atom. The molecule has 226 valence electrons. The Labute approximate surface area is 225 Å². The summed E-state index contributed by atoms with van der Waals surface area (Å²) in [7, 11) is 0. The molecule has 40 heavy (non-hydrogen) atoms. The van der Waals surface area contributed by atoms with E-state index >= 15 is 0 Å². The van der Waals surface area contributed by atoms with Crippen LogP contribution in [0.25, 0.3) is 17.1 Å². The number of imidazole rings is 1. The number of alkyl halides is 6. The van der Waals surface area contributed by atoms with Crippen molar-refractivity contribution < 1.29 is 56.1 Å². The number of rotatable bonds is 10. The molecule has 0 bridgehead atoms. The molecule has 0 spiro atoms. The maximum absolute atomic E-state index is 11.1. The number of halogens is 6. The lowest BCUT2D eigenvalue weighted by Crippen LogP contribution is -2.24. The lowest BCUT2D eigenvalue weighted by molar-refractivity contribution is -0.193. The number of carboxylic acid groups (broad SMARTS) is 2. The number of aryl methyl sites for hydroxylation is 2. The van der Waals surface area contributed by atoms with Crippen LogP contribution in [-0.4, -0.2) is 67.8 Å². The van der Waals surface area contributed by atoms with E-state index in [9.17, 15) is 31.1 Å². The Kier molecular flexibility index (Phi) is 15.6. The van der Waals surface area contributed by atoms with E-state index < -0.39 is 30.2 Å². The average molecular weight is 587 g/mol. The molecule has 0 aliphatic carbocycles. The van der Waals surface area contributed by atoms with Crippen LogP contribution in [0, 0.1) is 0 Å². The summed E-state index contributed by atoms with van der Waals surface area (Å²) in [6.07, 6.45) is -2.91. The number of amides is 1. The zero-order chi connectivity index (χ0) is 31.1. The maximum atomic E-state index is 11.1. The van der Waals surface area contributed by atoms with Crippen molar-refractivity contribution in [3.05, 3.63) is 35.7 Å². The SMILES string of the molecule is CCCCc1nc2cc(/C=C/C(=O)NO)ccc2n1CCCNC(C)C.O=C(O)C(F)(F)F.O=C(O)C(F)(F)F. The molecular formula is C24H32F6N4O6. The molecule has 1 aromatic carbocycles. The Balaban J connectivity index is 0.000000894. The first-order valence-electron chi connectivity index (χ1n) is 11.9. The van der Waals surface area contributed by atoms with E-state index in [2.05, 4.69) is 36.7 Å². The minimum absolute atomic E-state index is 0.500. The Morgan fingerprint density at radius 3 is 2.02 bits per heavy atom. The molecule has 2 rings (SSSR count). The van der Waals surface area contributed by atoms with Gasteiger partial charge in [0.15, 0.2) is 0 Å². The third kappa shape index (κ3) is 14.5. The van der Waals surface area contributed by atoms with Gasteiger partial charge in [0.05, 0.1) is 11.0 Å². The van der Waals surface area contributed by atoms with E-state index in [0.29, 0.717) is 6.04 Å². The fourth-order valence-electron chi connectivity index (χ4n) is 2.91. The van der Waals surface area contributed by atoms with Gasteiger partial charge in [0, 0.05) is 25.1 Å². The first-order chi connectivity index (χ1) is 18.4. The molecule has 0 saturated heterocycles. The van der Waals surface area contributed by atoms with Gasteiger partial charge < -0.3 is 20.1 Å². The van der Waals surface area contributed by atoms with Crippen molar-refractivity contribution in [1.82, 2.24) is 20.3 Å². The molecule has 1 amide bonds. The van der Waals surface area contributed by atoms with Crippen LogP contribution in [0.1, 0.15) is 51.4 Å². The van der Waals surface area contributed by atoms with Gasteiger partial charge >= 0.3 is 24.3 Å². The summed E-state index contributed by atoms with van der Waals surface area (Å²) in [5.74, 6) is -4.93. The fraction of sp³-hybridized carbons (Fsp3) is 0.500. The molecule has 16 heteroatoms. The van der Waals surface area contributed by atoms with Crippen molar-refractivity contribution in [2.75, 3.05) is 6.54 Å². The summed E-state index contributed by atoms with van der Waals surface area (Å²) in [4.78, 5) is 33.8. The molecule has 0 saturated carbocycles. The van der Waals surface area contributed by atoms with E-state index in [-0.39, 0.29) is 0 Å². The summed E-state index contributed by atoms with van der Waals surface area (Å²) in [6, 6.07) is 6.51. The molecule has 5 N–H and O–H groups in total. The van der Waals surface area contributed by atoms with Gasteiger partial charge in [0.25, 0.3) is 5.91 Å². The van der Waals surface area contributed by atoms with Crippen LogP contribution in [0.2, 0.25) is 0 Å². The molecule has 10 nitrogen and oxygen atoms in total. The summed E-state index contributed by atoms with van der Waals surface area (Å²) >= 11 is 0. The van der Waals surface area contributed by atoms with Gasteiger partial charge in [0.2, 0.25) is 0 Å². The third-order valence-electron chi connectivity index (χ3n) is 4.74. The fourth-order valence-corrected chi connectivity index (χ4v) is 2.91. The molecule has 0 unspecified atom stereocenters. The van der Waals surface area contributed by atoms with Gasteiger partial charge in [-0.25, -0.2) is 20.1 Å². The zero-order valence-electron chi connectivity index (χ0n) is 21.9. The van der Waals surface area contributed by atoms with Crippen molar-refractivity contribution in [3.63, 3.8) is 0 Å². The molecule has 1 aromatic heterocycles. The third-order valence-corrected chi connectivity index (χ3v) is 4.74. The summed E-state index contributed by atoms with van der Waals surface area (Å²) < 4.78 is 65.8. The van der Waals surface area contributed by atoms with Crippen LogP contribution in [0.5, 0.6) is 0 Å². The van der Waals surface area contributed by atoms with Crippen LogP contribution in [0.15, 0.2) is 24.3 Å². The number of fused-ring (bicyclic) bond motifs is 1. The summed E-state index contributed by atoms with van der Waals surface area (Å²) in [5.41, 5.74) is 4.55.